The fraction of sp³-hybridized carbons (Fsp3) is 0.214. The minimum Gasteiger partial charge on any atom is -0.496 e. The van der Waals surface area contributed by atoms with Crippen LogP contribution in [0, 0.1) is 13.8 Å². The second-order valence-corrected chi connectivity index (χ2v) is 4.01. The van der Waals surface area contributed by atoms with Crippen molar-refractivity contribution in [3.8, 4) is 17.0 Å². The molecule has 4 nitrogen and oxygen atoms in total. The van der Waals surface area contributed by atoms with Gasteiger partial charge in [-0.1, -0.05) is 0 Å². The molecule has 1 aromatic heterocycles. The van der Waals surface area contributed by atoms with E-state index in [0.717, 1.165) is 34.4 Å². The van der Waals surface area contributed by atoms with E-state index in [4.69, 9.17) is 4.74 Å². The zero-order valence-electron chi connectivity index (χ0n) is 10.6. The molecule has 1 heterocycles. The lowest BCUT2D eigenvalue weighted by atomic mass is 9.99. The lowest BCUT2D eigenvalue weighted by molar-refractivity contribution is 0.111. The molecule has 0 amide bonds. The highest BCUT2D eigenvalue weighted by Gasteiger charge is 2.10. The van der Waals surface area contributed by atoms with Crippen molar-refractivity contribution in [1.82, 2.24) is 9.97 Å². The van der Waals surface area contributed by atoms with Crippen LogP contribution >= 0.6 is 0 Å². The van der Waals surface area contributed by atoms with Gasteiger partial charge in [-0.15, -0.1) is 0 Å². The Kier molecular flexibility index (Phi) is 3.37. The number of nitrogens with zero attached hydrogens (tertiary/aromatic N) is 2. The Morgan fingerprint density at radius 3 is 2.61 bits per heavy atom. The second kappa shape index (κ2) is 4.96. The van der Waals surface area contributed by atoms with Crippen molar-refractivity contribution in [2.45, 2.75) is 13.8 Å². The third kappa shape index (κ3) is 2.09. The standard InChI is InChI=1S/C14H14N2O2/c1-9-10(2)14(18-3)5-4-12(9)13-6-11(7-17)15-8-16-13/h4-8H,1-3H3. The molecule has 0 bridgehead atoms. The molecule has 0 aliphatic rings. The van der Waals surface area contributed by atoms with E-state index in [2.05, 4.69) is 9.97 Å². The average molecular weight is 242 g/mol. The van der Waals surface area contributed by atoms with Crippen LogP contribution in [0.5, 0.6) is 5.75 Å². The van der Waals surface area contributed by atoms with Gasteiger partial charge in [0.2, 0.25) is 0 Å². The Bertz CT molecular complexity index is 594. The lowest BCUT2D eigenvalue weighted by Gasteiger charge is -2.12. The monoisotopic (exact) mass is 242 g/mol. The number of hydrogen-bond acceptors (Lipinski definition) is 4. The zero-order chi connectivity index (χ0) is 13.1. The van der Waals surface area contributed by atoms with E-state index in [0.29, 0.717) is 5.69 Å². The first-order chi connectivity index (χ1) is 8.67. The molecule has 0 aliphatic heterocycles. The van der Waals surface area contributed by atoms with Crippen molar-refractivity contribution in [3.05, 3.63) is 41.3 Å². The summed E-state index contributed by atoms with van der Waals surface area (Å²) in [5, 5.41) is 0. The quantitative estimate of drug-likeness (QED) is 0.776. The molecule has 2 aromatic rings. The third-order valence-electron chi connectivity index (χ3n) is 3.04. The number of rotatable bonds is 3. The van der Waals surface area contributed by atoms with Crippen LogP contribution in [-0.2, 0) is 0 Å². The molecule has 0 fully saturated rings. The first-order valence-electron chi connectivity index (χ1n) is 5.59. The van der Waals surface area contributed by atoms with Gasteiger partial charge in [0, 0.05) is 5.56 Å². The van der Waals surface area contributed by atoms with Crippen LogP contribution in [0.25, 0.3) is 11.3 Å². The van der Waals surface area contributed by atoms with Gasteiger partial charge in [-0.3, -0.25) is 4.79 Å². The number of carbonyl (C=O) groups excluding carboxylic acids is 1. The number of methoxy groups -OCH3 is 1. The Hall–Kier alpha value is -2.23. The number of aldehydes is 1. The summed E-state index contributed by atoms with van der Waals surface area (Å²) in [7, 11) is 1.65. The van der Waals surface area contributed by atoms with Crippen molar-refractivity contribution in [3.63, 3.8) is 0 Å². The van der Waals surface area contributed by atoms with E-state index < -0.39 is 0 Å². The van der Waals surface area contributed by atoms with Gasteiger partial charge in [0.25, 0.3) is 0 Å². The van der Waals surface area contributed by atoms with Crippen molar-refractivity contribution in [2.24, 2.45) is 0 Å². The minimum atomic E-state index is 0.382. The number of benzene rings is 1. The van der Waals surface area contributed by atoms with Crippen LogP contribution in [0.1, 0.15) is 21.6 Å². The zero-order valence-corrected chi connectivity index (χ0v) is 10.6. The number of hydrogen-bond donors (Lipinski definition) is 0. The van der Waals surface area contributed by atoms with Crippen LogP contribution in [-0.4, -0.2) is 23.4 Å². The van der Waals surface area contributed by atoms with Crippen molar-refractivity contribution in [1.29, 1.82) is 0 Å². The van der Waals surface area contributed by atoms with Gasteiger partial charge >= 0.3 is 0 Å². The molecule has 1 aromatic carbocycles. The summed E-state index contributed by atoms with van der Waals surface area (Å²) < 4.78 is 5.27. The summed E-state index contributed by atoms with van der Waals surface area (Å²) in [6.45, 7) is 4.01. The molecular formula is C14H14N2O2. The van der Waals surface area contributed by atoms with E-state index in [1.54, 1.807) is 13.2 Å². The van der Waals surface area contributed by atoms with Crippen LogP contribution in [0.2, 0.25) is 0 Å². The summed E-state index contributed by atoms with van der Waals surface area (Å²) in [6, 6.07) is 5.53. The highest BCUT2D eigenvalue weighted by molar-refractivity contribution is 5.76. The Morgan fingerprint density at radius 2 is 1.94 bits per heavy atom. The van der Waals surface area contributed by atoms with Crippen LogP contribution in [0.15, 0.2) is 24.5 Å². The van der Waals surface area contributed by atoms with E-state index >= 15 is 0 Å². The SMILES string of the molecule is COc1ccc(-c2cc(C=O)ncn2)c(C)c1C. The third-order valence-corrected chi connectivity index (χ3v) is 3.04. The summed E-state index contributed by atoms with van der Waals surface area (Å²) in [4.78, 5) is 18.8. The van der Waals surface area contributed by atoms with E-state index in [-0.39, 0.29) is 0 Å². The minimum absolute atomic E-state index is 0.382. The van der Waals surface area contributed by atoms with Crippen LogP contribution in [0.3, 0.4) is 0 Å². The molecule has 0 unspecified atom stereocenters. The molecule has 0 N–H and O–H groups in total. The number of carbonyl (C=O) groups is 1. The predicted molar refractivity (Wildman–Crippen MR) is 68.9 cm³/mol. The maximum atomic E-state index is 10.7. The summed E-state index contributed by atoms with van der Waals surface area (Å²) in [5.74, 6) is 0.848. The molecule has 2 rings (SSSR count). The van der Waals surface area contributed by atoms with Crippen LogP contribution < -0.4 is 4.74 Å². The highest BCUT2D eigenvalue weighted by Crippen LogP contribution is 2.29. The Morgan fingerprint density at radius 1 is 1.17 bits per heavy atom. The average Bonchev–Trinajstić information content (AvgIpc) is 2.42. The Balaban J connectivity index is 2.57. The van der Waals surface area contributed by atoms with E-state index in [1.165, 1.54) is 6.33 Å². The van der Waals surface area contributed by atoms with Crippen LogP contribution in [0.4, 0.5) is 0 Å². The van der Waals surface area contributed by atoms with Gasteiger partial charge in [0.15, 0.2) is 6.29 Å². The molecular weight excluding hydrogens is 228 g/mol. The normalized spacial score (nSPS) is 10.2. The van der Waals surface area contributed by atoms with Crippen molar-refractivity contribution >= 4 is 6.29 Å². The Labute approximate surface area is 106 Å². The molecule has 0 radical (unpaired) electrons. The van der Waals surface area contributed by atoms with Crippen molar-refractivity contribution in [2.75, 3.05) is 7.11 Å². The van der Waals surface area contributed by atoms with Gasteiger partial charge in [-0.05, 0) is 43.2 Å². The molecule has 0 saturated carbocycles. The van der Waals surface area contributed by atoms with Gasteiger partial charge in [-0.2, -0.15) is 0 Å². The van der Waals surface area contributed by atoms with Gasteiger partial charge in [0.05, 0.1) is 12.8 Å². The van der Waals surface area contributed by atoms with Gasteiger partial charge in [-0.25, -0.2) is 9.97 Å². The first kappa shape index (κ1) is 12.2. The predicted octanol–water partition coefficient (Wildman–Crippen LogP) is 2.58. The smallest absolute Gasteiger partial charge is 0.168 e. The summed E-state index contributed by atoms with van der Waals surface area (Å²) in [6.07, 6.45) is 2.12. The second-order valence-electron chi connectivity index (χ2n) is 4.01. The molecule has 92 valence electrons. The molecule has 0 aliphatic carbocycles. The molecule has 0 atom stereocenters. The van der Waals surface area contributed by atoms with Crippen molar-refractivity contribution < 1.29 is 9.53 Å². The van der Waals surface area contributed by atoms with Gasteiger partial charge < -0.3 is 4.74 Å². The number of aromatic nitrogens is 2. The summed E-state index contributed by atoms with van der Waals surface area (Å²) >= 11 is 0. The van der Waals surface area contributed by atoms with E-state index in [1.807, 2.05) is 26.0 Å². The highest BCUT2D eigenvalue weighted by atomic mass is 16.5. The fourth-order valence-electron chi connectivity index (χ4n) is 1.88. The topological polar surface area (TPSA) is 52.1 Å². The molecule has 4 heteroatoms. The van der Waals surface area contributed by atoms with Gasteiger partial charge in [0.1, 0.15) is 17.8 Å². The number of ether oxygens (including phenoxy) is 1. The first-order valence-corrected chi connectivity index (χ1v) is 5.59. The van der Waals surface area contributed by atoms with E-state index in [9.17, 15) is 4.79 Å². The summed E-state index contributed by atoms with van der Waals surface area (Å²) in [5.41, 5.74) is 4.27. The maximum absolute atomic E-state index is 10.7. The fourth-order valence-corrected chi connectivity index (χ4v) is 1.88. The molecule has 0 saturated heterocycles. The molecule has 18 heavy (non-hydrogen) atoms. The largest absolute Gasteiger partial charge is 0.496 e. The maximum Gasteiger partial charge on any atom is 0.168 e. The molecule has 0 spiro atoms. The lowest BCUT2D eigenvalue weighted by Crippen LogP contribution is -1.96.